The fraction of sp³-hybridized carbons (Fsp3) is 0.316. The summed E-state index contributed by atoms with van der Waals surface area (Å²) in [5.41, 5.74) is 0.779. The molecular weight excluding hydrogens is 390 g/mol. The average Bonchev–Trinajstić information content (AvgIpc) is 2.60. The van der Waals surface area contributed by atoms with Crippen molar-refractivity contribution in [3.63, 3.8) is 0 Å². The second-order valence-corrected chi connectivity index (χ2v) is 8.95. The minimum atomic E-state index is -3.47. The number of ether oxygens (including phenoxy) is 2. The molecule has 3 rings (SSSR count). The molecule has 8 heteroatoms. The summed E-state index contributed by atoms with van der Waals surface area (Å²) in [7, 11) is -0.389. The molecule has 2 aromatic rings. The molecule has 1 fully saturated rings. The van der Waals surface area contributed by atoms with E-state index < -0.39 is 15.1 Å². The Balaban J connectivity index is 1.62. The van der Waals surface area contributed by atoms with Crippen LogP contribution in [0.4, 0.5) is 0 Å². The zero-order chi connectivity index (χ0) is 19.6. The molecule has 0 spiro atoms. The Kier molecular flexibility index (Phi) is 5.62. The van der Waals surface area contributed by atoms with Crippen molar-refractivity contribution in [2.24, 2.45) is 0 Å². The topological polar surface area (TPSA) is 72.9 Å². The lowest BCUT2D eigenvalue weighted by Crippen LogP contribution is -2.57. The summed E-state index contributed by atoms with van der Waals surface area (Å²) in [6, 6.07) is 11.4. The van der Waals surface area contributed by atoms with Crippen LogP contribution in [0.5, 0.6) is 11.5 Å². The van der Waals surface area contributed by atoms with Crippen molar-refractivity contribution in [3.05, 3.63) is 53.1 Å². The second-order valence-electron chi connectivity index (χ2n) is 6.29. The van der Waals surface area contributed by atoms with Crippen LogP contribution >= 0.6 is 11.6 Å². The van der Waals surface area contributed by atoms with Crippen molar-refractivity contribution in [1.29, 1.82) is 0 Å². The van der Waals surface area contributed by atoms with Crippen LogP contribution in [0.2, 0.25) is 5.02 Å². The van der Waals surface area contributed by atoms with E-state index in [-0.39, 0.29) is 30.3 Å². The average molecular weight is 410 g/mol. The van der Waals surface area contributed by atoms with E-state index in [1.807, 2.05) is 0 Å². The van der Waals surface area contributed by atoms with Gasteiger partial charge in [0, 0.05) is 18.1 Å². The van der Waals surface area contributed by atoms with Gasteiger partial charge in [-0.15, -0.1) is 0 Å². The van der Waals surface area contributed by atoms with Crippen LogP contribution in [0.3, 0.4) is 0 Å². The van der Waals surface area contributed by atoms with Gasteiger partial charge in [-0.25, -0.2) is 8.42 Å². The van der Waals surface area contributed by atoms with E-state index in [0.29, 0.717) is 16.5 Å². The molecule has 0 unspecified atom stereocenters. The third-order valence-corrected chi connectivity index (χ3v) is 6.94. The Bertz CT molecular complexity index is 937. The number of hydrogen-bond donors (Lipinski definition) is 0. The Morgan fingerprint density at radius 3 is 2.30 bits per heavy atom. The number of rotatable bonds is 6. The summed E-state index contributed by atoms with van der Waals surface area (Å²) in [6.07, 6.45) is 0.175. The molecule has 1 amide bonds. The third kappa shape index (κ3) is 4.04. The molecule has 0 radical (unpaired) electrons. The van der Waals surface area contributed by atoms with Crippen molar-refractivity contribution in [2.45, 2.75) is 16.6 Å². The van der Waals surface area contributed by atoms with Crippen LogP contribution in [-0.2, 0) is 21.1 Å². The smallest absolute Gasteiger partial charge is 0.227 e. The quantitative estimate of drug-likeness (QED) is 0.733. The van der Waals surface area contributed by atoms with E-state index in [0.717, 1.165) is 5.56 Å². The largest absolute Gasteiger partial charge is 0.493 e. The molecule has 1 aliphatic rings. The molecule has 27 heavy (non-hydrogen) atoms. The highest BCUT2D eigenvalue weighted by Crippen LogP contribution is 2.29. The first-order valence-electron chi connectivity index (χ1n) is 8.33. The maximum atomic E-state index is 12.6. The number of halogens is 1. The van der Waals surface area contributed by atoms with Crippen LogP contribution in [0, 0.1) is 0 Å². The van der Waals surface area contributed by atoms with Gasteiger partial charge in [-0.3, -0.25) is 4.79 Å². The molecular formula is C19H20ClNO5S. The maximum Gasteiger partial charge on any atom is 0.227 e. The van der Waals surface area contributed by atoms with E-state index in [4.69, 9.17) is 21.1 Å². The Labute approximate surface area is 163 Å². The number of benzene rings is 2. The summed E-state index contributed by atoms with van der Waals surface area (Å²) in [5.74, 6) is 1.02. The number of likely N-dealkylation sites (tertiary alicyclic amines) is 1. The molecule has 2 aromatic carbocycles. The summed E-state index contributed by atoms with van der Waals surface area (Å²) in [6.45, 7) is 0.383. The fourth-order valence-electron chi connectivity index (χ4n) is 2.93. The summed E-state index contributed by atoms with van der Waals surface area (Å²) < 4.78 is 35.6. The van der Waals surface area contributed by atoms with Gasteiger partial charge in [-0.2, -0.15) is 0 Å². The molecule has 6 nitrogen and oxygen atoms in total. The minimum absolute atomic E-state index is 0.121. The Morgan fingerprint density at radius 1 is 1.07 bits per heavy atom. The highest BCUT2D eigenvalue weighted by Gasteiger charge is 2.40. The SMILES string of the molecule is COc1ccc(CC(=O)N2CC(S(=O)(=O)c3ccc(Cl)cc3)C2)cc1OC. The summed E-state index contributed by atoms with van der Waals surface area (Å²) in [5, 5.41) is -0.109. The molecule has 0 bridgehead atoms. The lowest BCUT2D eigenvalue weighted by Gasteiger charge is -2.38. The zero-order valence-electron chi connectivity index (χ0n) is 15.0. The van der Waals surface area contributed by atoms with Gasteiger partial charge in [0.15, 0.2) is 21.3 Å². The Hall–Kier alpha value is -2.25. The van der Waals surface area contributed by atoms with Gasteiger partial charge in [0.05, 0.1) is 25.5 Å². The fourth-order valence-corrected chi connectivity index (χ4v) is 4.71. The highest BCUT2D eigenvalue weighted by molar-refractivity contribution is 7.92. The van der Waals surface area contributed by atoms with Gasteiger partial charge in [0.1, 0.15) is 5.25 Å². The van der Waals surface area contributed by atoms with Gasteiger partial charge in [-0.1, -0.05) is 17.7 Å². The lowest BCUT2D eigenvalue weighted by molar-refractivity contribution is -0.133. The predicted octanol–water partition coefficient (Wildman–Crippen LogP) is 2.58. The van der Waals surface area contributed by atoms with Crippen LogP contribution in [0.1, 0.15) is 5.56 Å². The van der Waals surface area contributed by atoms with Crippen molar-refractivity contribution in [3.8, 4) is 11.5 Å². The predicted molar refractivity (Wildman–Crippen MR) is 102 cm³/mol. The van der Waals surface area contributed by atoms with Crippen molar-refractivity contribution in [1.82, 2.24) is 4.90 Å². The zero-order valence-corrected chi connectivity index (χ0v) is 16.6. The van der Waals surface area contributed by atoms with E-state index in [1.54, 1.807) is 42.3 Å². The highest BCUT2D eigenvalue weighted by atomic mass is 35.5. The number of amides is 1. The lowest BCUT2D eigenvalue weighted by atomic mass is 10.1. The van der Waals surface area contributed by atoms with Gasteiger partial charge in [0.2, 0.25) is 5.91 Å². The third-order valence-electron chi connectivity index (χ3n) is 4.59. The normalized spacial score (nSPS) is 14.6. The van der Waals surface area contributed by atoms with Crippen LogP contribution < -0.4 is 9.47 Å². The second kappa shape index (κ2) is 7.78. The monoisotopic (exact) mass is 409 g/mol. The van der Waals surface area contributed by atoms with Gasteiger partial charge < -0.3 is 14.4 Å². The molecule has 1 heterocycles. The Morgan fingerprint density at radius 2 is 1.70 bits per heavy atom. The summed E-state index contributed by atoms with van der Waals surface area (Å²) in [4.78, 5) is 14.2. The number of carbonyl (C=O) groups is 1. The van der Waals surface area contributed by atoms with E-state index in [9.17, 15) is 13.2 Å². The van der Waals surface area contributed by atoms with Crippen LogP contribution in [0.25, 0.3) is 0 Å². The molecule has 0 N–H and O–H groups in total. The number of carbonyl (C=O) groups excluding carboxylic acids is 1. The van der Waals surface area contributed by atoms with Crippen molar-refractivity contribution < 1.29 is 22.7 Å². The van der Waals surface area contributed by atoms with E-state index in [1.165, 1.54) is 19.2 Å². The molecule has 144 valence electrons. The maximum absolute atomic E-state index is 12.6. The molecule has 0 atom stereocenters. The first-order valence-corrected chi connectivity index (χ1v) is 10.3. The van der Waals surface area contributed by atoms with Crippen LogP contribution in [-0.4, -0.2) is 51.8 Å². The van der Waals surface area contributed by atoms with Gasteiger partial charge in [-0.05, 0) is 42.0 Å². The standard InChI is InChI=1S/C19H20ClNO5S/c1-25-17-8-3-13(9-18(17)26-2)10-19(22)21-11-16(12-21)27(23,24)15-6-4-14(20)5-7-15/h3-9,16H,10-12H2,1-2H3. The molecule has 0 aliphatic carbocycles. The summed E-state index contributed by atoms with van der Waals surface area (Å²) >= 11 is 5.81. The van der Waals surface area contributed by atoms with Gasteiger partial charge in [0.25, 0.3) is 0 Å². The number of methoxy groups -OCH3 is 2. The molecule has 0 aromatic heterocycles. The first-order chi connectivity index (χ1) is 12.8. The van der Waals surface area contributed by atoms with Gasteiger partial charge >= 0.3 is 0 Å². The number of hydrogen-bond acceptors (Lipinski definition) is 5. The van der Waals surface area contributed by atoms with Crippen LogP contribution in [0.15, 0.2) is 47.4 Å². The van der Waals surface area contributed by atoms with E-state index >= 15 is 0 Å². The number of sulfone groups is 1. The molecule has 0 saturated carbocycles. The van der Waals surface area contributed by atoms with Crippen molar-refractivity contribution >= 4 is 27.3 Å². The molecule has 1 saturated heterocycles. The number of nitrogens with zero attached hydrogens (tertiary/aromatic N) is 1. The molecule has 1 aliphatic heterocycles. The van der Waals surface area contributed by atoms with E-state index in [2.05, 4.69) is 0 Å². The van der Waals surface area contributed by atoms with Crippen molar-refractivity contribution in [2.75, 3.05) is 27.3 Å². The minimum Gasteiger partial charge on any atom is -0.493 e. The first kappa shape index (κ1) is 19.5.